The molecule has 0 aliphatic carbocycles. The maximum Gasteiger partial charge on any atom is 0.417 e. The monoisotopic (exact) mass is 411 g/mol. The Hall–Kier alpha value is -3.32. The predicted molar refractivity (Wildman–Crippen MR) is 111 cm³/mol. The van der Waals surface area contributed by atoms with E-state index >= 15 is 0 Å². The topological polar surface area (TPSA) is 81.7 Å². The minimum absolute atomic E-state index is 0.0851. The number of benzene rings is 3. The molecule has 1 amide bonds. The molecule has 0 aliphatic heterocycles. The van der Waals surface area contributed by atoms with Gasteiger partial charge in [0.05, 0.1) is 0 Å². The number of nitrogens with one attached hydrogen (secondary N) is 1. The van der Waals surface area contributed by atoms with Gasteiger partial charge in [0.1, 0.15) is 16.4 Å². The van der Waals surface area contributed by atoms with Crippen LogP contribution in [0.1, 0.15) is 16.7 Å². The Morgan fingerprint density at radius 3 is 2.10 bits per heavy atom. The smallest absolute Gasteiger partial charge is 0.410 e. The number of carbonyl (C=O) groups excluding carboxylic acids is 1. The lowest BCUT2D eigenvalue weighted by Crippen LogP contribution is -2.17. The summed E-state index contributed by atoms with van der Waals surface area (Å²) in [6, 6.07) is 18.3. The van der Waals surface area contributed by atoms with E-state index in [-0.39, 0.29) is 10.6 Å². The van der Waals surface area contributed by atoms with Gasteiger partial charge in [-0.05, 0) is 56.2 Å². The van der Waals surface area contributed by atoms with Crippen LogP contribution in [0.5, 0.6) is 11.5 Å². The van der Waals surface area contributed by atoms with Crippen molar-refractivity contribution in [1.82, 2.24) is 0 Å². The first-order valence-corrected chi connectivity index (χ1v) is 10.3. The molecule has 0 spiro atoms. The van der Waals surface area contributed by atoms with Crippen molar-refractivity contribution in [3.05, 3.63) is 83.4 Å². The third-order valence-corrected chi connectivity index (χ3v) is 5.65. The zero-order valence-corrected chi connectivity index (χ0v) is 17.1. The first kappa shape index (κ1) is 20.4. The van der Waals surface area contributed by atoms with Gasteiger partial charge in [0, 0.05) is 11.8 Å². The summed E-state index contributed by atoms with van der Waals surface area (Å²) in [5.41, 5.74) is 2.55. The van der Waals surface area contributed by atoms with E-state index < -0.39 is 16.2 Å². The van der Waals surface area contributed by atoms with Crippen LogP contribution in [0.3, 0.4) is 0 Å². The molecule has 0 fully saturated rings. The summed E-state index contributed by atoms with van der Waals surface area (Å²) in [4.78, 5) is 12.2. The van der Waals surface area contributed by atoms with Crippen molar-refractivity contribution in [2.75, 3.05) is 5.32 Å². The number of rotatable bonds is 5. The average molecular weight is 411 g/mol. The van der Waals surface area contributed by atoms with E-state index in [0.717, 1.165) is 5.56 Å². The molecular formula is C22H21NO5S. The Morgan fingerprint density at radius 1 is 0.828 bits per heavy atom. The van der Waals surface area contributed by atoms with Gasteiger partial charge in [-0.15, -0.1) is 0 Å². The molecule has 0 heterocycles. The van der Waals surface area contributed by atoms with Gasteiger partial charge < -0.3 is 8.92 Å². The van der Waals surface area contributed by atoms with Crippen LogP contribution in [0.15, 0.2) is 71.6 Å². The molecule has 0 saturated heterocycles. The van der Waals surface area contributed by atoms with Crippen LogP contribution in [0.25, 0.3) is 0 Å². The number of carbonyl (C=O) groups is 1. The standard InChI is InChI=1S/C22H21NO5S/c1-15-12-16(2)21(17(3)13-15)29(25,26)28-20-11-7-8-18(14-20)23-22(24)27-19-9-5-4-6-10-19/h4-14H,1-3H3,(H,23,24). The number of anilines is 1. The molecule has 7 heteroatoms. The van der Waals surface area contributed by atoms with Gasteiger partial charge in [-0.3, -0.25) is 5.32 Å². The van der Waals surface area contributed by atoms with Crippen molar-refractivity contribution in [2.45, 2.75) is 25.7 Å². The van der Waals surface area contributed by atoms with Crippen LogP contribution >= 0.6 is 0 Å². The fraction of sp³-hybridized carbons (Fsp3) is 0.136. The quantitative estimate of drug-likeness (QED) is 0.598. The molecule has 0 aliphatic rings. The number of aryl methyl sites for hydroxylation is 3. The van der Waals surface area contributed by atoms with Crippen LogP contribution < -0.4 is 14.2 Å². The van der Waals surface area contributed by atoms with Gasteiger partial charge in [0.2, 0.25) is 0 Å². The highest BCUT2D eigenvalue weighted by Gasteiger charge is 2.22. The molecule has 6 nitrogen and oxygen atoms in total. The first-order valence-electron chi connectivity index (χ1n) is 8.91. The third-order valence-electron chi connectivity index (χ3n) is 4.09. The highest BCUT2D eigenvalue weighted by Crippen LogP contribution is 2.27. The number of hydrogen-bond acceptors (Lipinski definition) is 5. The highest BCUT2D eigenvalue weighted by molar-refractivity contribution is 7.87. The molecule has 150 valence electrons. The van der Waals surface area contributed by atoms with Gasteiger partial charge in [-0.1, -0.05) is 42.0 Å². The van der Waals surface area contributed by atoms with E-state index in [0.29, 0.717) is 22.6 Å². The lowest BCUT2D eigenvalue weighted by molar-refractivity contribution is 0.215. The minimum atomic E-state index is -4.03. The van der Waals surface area contributed by atoms with Crippen molar-refractivity contribution in [2.24, 2.45) is 0 Å². The summed E-state index contributed by atoms with van der Waals surface area (Å²) in [6.45, 7) is 5.36. The second-order valence-corrected chi connectivity index (χ2v) is 8.10. The molecule has 29 heavy (non-hydrogen) atoms. The van der Waals surface area contributed by atoms with Crippen molar-refractivity contribution in [3.63, 3.8) is 0 Å². The fourth-order valence-corrected chi connectivity index (χ4v) is 4.44. The van der Waals surface area contributed by atoms with Gasteiger partial charge in [-0.2, -0.15) is 8.42 Å². The predicted octanol–water partition coefficient (Wildman–Crippen LogP) is 4.99. The SMILES string of the molecule is Cc1cc(C)c(S(=O)(=O)Oc2cccc(NC(=O)Oc3ccccc3)c2)c(C)c1. The van der Waals surface area contributed by atoms with Gasteiger partial charge in [-0.25, -0.2) is 4.79 Å². The Morgan fingerprint density at radius 2 is 1.45 bits per heavy atom. The zero-order chi connectivity index (χ0) is 21.0. The van der Waals surface area contributed by atoms with Gasteiger partial charge >= 0.3 is 16.2 Å². The minimum Gasteiger partial charge on any atom is -0.410 e. The summed E-state index contributed by atoms with van der Waals surface area (Å²) in [5.74, 6) is 0.479. The largest absolute Gasteiger partial charge is 0.417 e. The van der Waals surface area contributed by atoms with Crippen molar-refractivity contribution >= 4 is 21.9 Å². The summed E-state index contributed by atoms with van der Waals surface area (Å²) in [6.07, 6.45) is -0.693. The molecule has 1 N–H and O–H groups in total. The maximum absolute atomic E-state index is 12.8. The van der Waals surface area contributed by atoms with Crippen molar-refractivity contribution < 1.29 is 22.1 Å². The highest BCUT2D eigenvalue weighted by atomic mass is 32.2. The molecule has 0 atom stereocenters. The molecule has 3 rings (SSSR count). The molecule has 3 aromatic rings. The second-order valence-electron chi connectivity index (χ2n) is 6.62. The van der Waals surface area contributed by atoms with E-state index in [4.69, 9.17) is 8.92 Å². The van der Waals surface area contributed by atoms with Crippen LogP contribution in [0.2, 0.25) is 0 Å². The van der Waals surface area contributed by atoms with Crippen LogP contribution in [-0.4, -0.2) is 14.5 Å². The molecule has 0 bridgehead atoms. The summed E-state index contributed by atoms with van der Waals surface area (Å²) >= 11 is 0. The first-order chi connectivity index (χ1) is 13.7. The van der Waals surface area contributed by atoms with E-state index in [1.165, 1.54) is 12.1 Å². The summed E-state index contributed by atoms with van der Waals surface area (Å²) in [5, 5.41) is 2.55. The number of hydrogen-bond donors (Lipinski definition) is 1. The summed E-state index contributed by atoms with van der Waals surface area (Å²) in [7, 11) is -4.03. The Bertz CT molecular complexity index is 1120. The Balaban J connectivity index is 1.77. The molecule has 0 saturated carbocycles. The lowest BCUT2D eigenvalue weighted by Gasteiger charge is -2.13. The molecule has 0 radical (unpaired) electrons. The van der Waals surface area contributed by atoms with E-state index in [1.807, 2.05) is 13.0 Å². The lowest BCUT2D eigenvalue weighted by atomic mass is 10.1. The van der Waals surface area contributed by atoms with Crippen LogP contribution in [-0.2, 0) is 10.1 Å². The maximum atomic E-state index is 12.8. The number of para-hydroxylation sites is 1. The van der Waals surface area contributed by atoms with Gasteiger partial charge in [0.15, 0.2) is 0 Å². The average Bonchev–Trinajstić information content (AvgIpc) is 2.61. The van der Waals surface area contributed by atoms with E-state index in [2.05, 4.69) is 5.32 Å². The summed E-state index contributed by atoms with van der Waals surface area (Å²) < 4.78 is 36.1. The zero-order valence-electron chi connectivity index (χ0n) is 16.3. The van der Waals surface area contributed by atoms with Crippen LogP contribution in [0.4, 0.5) is 10.5 Å². The number of ether oxygens (including phenoxy) is 1. The molecule has 0 unspecified atom stereocenters. The van der Waals surface area contributed by atoms with Crippen molar-refractivity contribution in [3.8, 4) is 11.5 Å². The fourth-order valence-electron chi connectivity index (χ4n) is 3.09. The number of amides is 1. The Labute approximate surface area is 170 Å². The van der Waals surface area contributed by atoms with Crippen molar-refractivity contribution in [1.29, 1.82) is 0 Å². The molecule has 3 aromatic carbocycles. The second kappa shape index (κ2) is 8.36. The molecule has 0 aromatic heterocycles. The van der Waals surface area contributed by atoms with Crippen LogP contribution in [0, 0.1) is 20.8 Å². The molecular weight excluding hydrogens is 390 g/mol. The van der Waals surface area contributed by atoms with Gasteiger partial charge in [0.25, 0.3) is 0 Å². The van der Waals surface area contributed by atoms with E-state index in [1.54, 1.807) is 62.4 Å². The Kier molecular flexibility index (Phi) is 5.89. The normalized spacial score (nSPS) is 11.0. The third kappa shape index (κ3) is 5.14. The van der Waals surface area contributed by atoms with E-state index in [9.17, 15) is 13.2 Å².